The Morgan fingerprint density at radius 1 is 1.00 bits per heavy atom. The molecule has 4 N–H and O–H groups in total. The summed E-state index contributed by atoms with van der Waals surface area (Å²) in [5.74, 6) is -10.6. The molecule has 6 rings (SSSR count). The zero-order valence-electron chi connectivity index (χ0n) is 27.5. The van der Waals surface area contributed by atoms with E-state index in [1.807, 2.05) is 49.3 Å². The fraction of sp³-hybridized carbons (Fsp3) is 0.514. The second kappa shape index (κ2) is 11.9. The number of primary amides is 1. The van der Waals surface area contributed by atoms with Crippen LogP contribution in [0.4, 0.5) is 5.69 Å². The summed E-state index contributed by atoms with van der Waals surface area (Å²) in [5, 5.41) is 23.6. The van der Waals surface area contributed by atoms with Crippen LogP contribution in [0.1, 0.15) is 27.9 Å². The molecule has 47 heavy (non-hydrogen) atoms. The first-order valence-corrected chi connectivity index (χ1v) is 16.1. The van der Waals surface area contributed by atoms with Gasteiger partial charge in [-0.05, 0) is 62.7 Å². The van der Waals surface area contributed by atoms with Gasteiger partial charge in [0.1, 0.15) is 5.75 Å². The lowest BCUT2D eigenvalue weighted by molar-refractivity contribution is -0.181. The molecule has 1 heterocycles. The average molecular weight is 646 g/mol. The minimum Gasteiger partial charge on any atom is -0.507 e. The van der Waals surface area contributed by atoms with Gasteiger partial charge in [0.05, 0.1) is 17.5 Å². The molecule has 2 aromatic rings. The van der Waals surface area contributed by atoms with Gasteiger partial charge in [-0.2, -0.15) is 0 Å². The van der Waals surface area contributed by atoms with Crippen molar-refractivity contribution in [1.82, 2.24) is 14.7 Å². The molecule has 1 saturated heterocycles. The Hall–Kier alpha value is -3.97. The molecule has 1 aliphatic heterocycles. The summed E-state index contributed by atoms with van der Waals surface area (Å²) < 4.78 is 0. The number of aromatic hydroxyl groups is 1. The lowest BCUT2D eigenvalue weighted by Gasteiger charge is -2.52. The van der Waals surface area contributed by atoms with Crippen molar-refractivity contribution in [1.29, 1.82) is 0 Å². The Bertz CT molecular complexity index is 1660. The summed E-state index contributed by atoms with van der Waals surface area (Å²) in [6.07, 6.45) is 0.213. The van der Waals surface area contributed by atoms with Crippen molar-refractivity contribution in [3.63, 3.8) is 0 Å². The number of hydrogen-bond donors (Lipinski definition) is 3. The number of phenolic OH excluding ortho intramolecular Hbond substituents is 1. The van der Waals surface area contributed by atoms with E-state index < -0.39 is 64.4 Å². The molecule has 2 saturated carbocycles. The first-order valence-electron chi connectivity index (χ1n) is 16.1. The topological polar surface area (TPSA) is 165 Å². The number of nitrogens with zero attached hydrogens (tertiary/aromatic N) is 4. The number of hydrogen-bond acceptors (Lipinski definition) is 11. The zero-order valence-corrected chi connectivity index (χ0v) is 27.5. The maximum Gasteiger partial charge on any atom is 0.235 e. The molecule has 6 unspecified atom stereocenters. The number of anilines is 1. The van der Waals surface area contributed by atoms with Crippen molar-refractivity contribution < 1.29 is 34.2 Å². The molecule has 6 atom stereocenters. The zero-order chi connectivity index (χ0) is 34.1. The van der Waals surface area contributed by atoms with Crippen molar-refractivity contribution in [3.05, 3.63) is 47.0 Å². The Kier molecular flexibility index (Phi) is 8.36. The van der Waals surface area contributed by atoms with Gasteiger partial charge in [0.2, 0.25) is 5.91 Å². The van der Waals surface area contributed by atoms with E-state index in [-0.39, 0.29) is 24.2 Å². The number of benzene rings is 2. The van der Waals surface area contributed by atoms with Gasteiger partial charge in [0.25, 0.3) is 0 Å². The van der Waals surface area contributed by atoms with Gasteiger partial charge < -0.3 is 25.7 Å². The molecule has 12 nitrogen and oxygen atoms in total. The number of Topliss-reactive ketones (excluding diaryl/α,β-unsaturated/α-hetero) is 4. The van der Waals surface area contributed by atoms with Crippen molar-refractivity contribution in [2.24, 2.45) is 29.4 Å². The fourth-order valence-electron chi connectivity index (χ4n) is 8.33. The molecule has 0 bridgehead atoms. The minimum absolute atomic E-state index is 0.00798. The number of fused-ring (bicyclic) bond motifs is 3. The highest BCUT2D eigenvalue weighted by molar-refractivity contribution is 6.32. The van der Waals surface area contributed by atoms with Crippen molar-refractivity contribution in [2.75, 3.05) is 66.3 Å². The average Bonchev–Trinajstić information content (AvgIpc) is 3.00. The van der Waals surface area contributed by atoms with Crippen LogP contribution in [0.15, 0.2) is 30.3 Å². The van der Waals surface area contributed by atoms with E-state index in [1.165, 1.54) is 4.90 Å². The first-order chi connectivity index (χ1) is 22.2. The van der Waals surface area contributed by atoms with Gasteiger partial charge in [-0.3, -0.25) is 33.8 Å². The Morgan fingerprint density at radius 2 is 1.64 bits per heavy atom. The number of nitrogens with two attached hydrogens (primary N) is 1. The van der Waals surface area contributed by atoms with Crippen LogP contribution in [0.5, 0.6) is 5.75 Å². The largest absolute Gasteiger partial charge is 0.507 e. The third-order valence-corrected chi connectivity index (χ3v) is 10.8. The highest BCUT2D eigenvalue weighted by Gasteiger charge is 2.69. The van der Waals surface area contributed by atoms with E-state index in [1.54, 1.807) is 14.1 Å². The Balaban J connectivity index is 1.39. The monoisotopic (exact) mass is 645 g/mol. The van der Waals surface area contributed by atoms with Crippen LogP contribution >= 0.6 is 0 Å². The second-order valence-electron chi connectivity index (χ2n) is 14.1. The molecule has 4 aliphatic rings. The highest BCUT2D eigenvalue weighted by Crippen LogP contribution is 2.53. The molecule has 250 valence electrons. The number of ketones is 4. The van der Waals surface area contributed by atoms with Crippen molar-refractivity contribution in [2.45, 2.75) is 31.0 Å². The number of amides is 1. The lowest BCUT2D eigenvalue weighted by Crippen LogP contribution is -2.74. The summed E-state index contributed by atoms with van der Waals surface area (Å²) in [5.41, 5.74) is 6.16. The standard InChI is InChI=1S/C35H43N5O7/c1-37(2)24-16-21(19-8-6-18(7-9-19)17-40-12-10-39(5)11-13-40)29(41)26-22(24)14-20-15-23-28(38(3)4)31(43)27(34(36)46)33(45)35(23,47)32(44)25(20)30(26)42/h6-9,16,20,23,25,27-28,41,47H,10-15,17H2,1-5H3,(H2,36,46). The van der Waals surface area contributed by atoms with Crippen LogP contribution in [0, 0.1) is 23.7 Å². The van der Waals surface area contributed by atoms with Crippen LogP contribution in [-0.2, 0) is 32.1 Å². The van der Waals surface area contributed by atoms with Gasteiger partial charge in [0.15, 0.2) is 34.7 Å². The van der Waals surface area contributed by atoms with Gasteiger partial charge in [0, 0.05) is 64.0 Å². The van der Waals surface area contributed by atoms with Crippen molar-refractivity contribution >= 4 is 34.7 Å². The molecular weight excluding hydrogens is 602 g/mol. The summed E-state index contributed by atoms with van der Waals surface area (Å²) in [7, 11) is 8.92. The Morgan fingerprint density at radius 3 is 2.21 bits per heavy atom. The summed E-state index contributed by atoms with van der Waals surface area (Å²) >= 11 is 0. The normalized spacial score (nSPS) is 29.8. The summed E-state index contributed by atoms with van der Waals surface area (Å²) in [6, 6.07) is 8.53. The number of carbonyl (C=O) groups is 5. The van der Waals surface area contributed by atoms with E-state index in [0.717, 1.165) is 38.3 Å². The van der Waals surface area contributed by atoms with Gasteiger partial charge >= 0.3 is 0 Å². The highest BCUT2D eigenvalue weighted by atomic mass is 16.3. The number of likely N-dealkylation sites (N-methyl/N-ethyl adjacent to an activating group) is 2. The second-order valence-corrected chi connectivity index (χ2v) is 14.1. The van der Waals surface area contributed by atoms with Gasteiger partial charge in [-0.25, -0.2) is 0 Å². The third-order valence-electron chi connectivity index (χ3n) is 10.8. The third kappa shape index (κ3) is 5.18. The minimum atomic E-state index is -2.76. The molecule has 0 radical (unpaired) electrons. The molecular formula is C35H43N5O7. The van der Waals surface area contributed by atoms with Crippen LogP contribution < -0.4 is 10.6 Å². The summed E-state index contributed by atoms with van der Waals surface area (Å²) in [4.78, 5) is 75.8. The van der Waals surface area contributed by atoms with Gasteiger partial charge in [-0.15, -0.1) is 0 Å². The maximum atomic E-state index is 14.4. The van der Waals surface area contributed by atoms with Crippen LogP contribution in [0.3, 0.4) is 0 Å². The van der Waals surface area contributed by atoms with E-state index in [9.17, 15) is 34.2 Å². The predicted octanol–water partition coefficient (Wildman–Crippen LogP) is 0.347. The SMILES string of the molecule is CN1CCN(Cc2ccc(-c3cc(N(C)C)c4c(c3O)C(=O)C3C(=O)C5(O)C(=O)C(C(N)=O)C(=O)C(N(C)C)C5CC3C4)cc2)CC1. The van der Waals surface area contributed by atoms with Crippen LogP contribution in [-0.4, -0.2) is 127 Å². The van der Waals surface area contributed by atoms with E-state index in [2.05, 4.69) is 16.8 Å². The molecule has 1 amide bonds. The van der Waals surface area contributed by atoms with Crippen molar-refractivity contribution in [3.8, 4) is 16.9 Å². The first kappa shape index (κ1) is 33.0. The molecule has 2 aromatic carbocycles. The molecule has 3 fully saturated rings. The van der Waals surface area contributed by atoms with E-state index in [0.29, 0.717) is 22.4 Å². The molecule has 0 spiro atoms. The molecule has 12 heteroatoms. The van der Waals surface area contributed by atoms with Crippen LogP contribution in [0.25, 0.3) is 11.1 Å². The molecule has 0 aromatic heterocycles. The molecule has 3 aliphatic carbocycles. The maximum absolute atomic E-state index is 14.4. The number of phenols is 1. The number of aliphatic hydroxyl groups is 1. The lowest BCUT2D eigenvalue weighted by atomic mass is 9.52. The number of carbonyl (C=O) groups excluding carboxylic acids is 5. The van der Waals surface area contributed by atoms with E-state index >= 15 is 0 Å². The number of piperazine rings is 1. The summed E-state index contributed by atoms with van der Waals surface area (Å²) in [6.45, 7) is 4.79. The van der Waals surface area contributed by atoms with Crippen LogP contribution in [0.2, 0.25) is 0 Å². The number of rotatable bonds is 6. The smallest absolute Gasteiger partial charge is 0.235 e. The quantitative estimate of drug-likeness (QED) is 0.371. The van der Waals surface area contributed by atoms with Gasteiger partial charge in [-0.1, -0.05) is 24.3 Å². The van der Waals surface area contributed by atoms with E-state index in [4.69, 9.17) is 5.73 Å². The fourth-order valence-corrected chi connectivity index (χ4v) is 8.33. The predicted molar refractivity (Wildman–Crippen MR) is 174 cm³/mol. The Labute approximate surface area is 274 Å².